The van der Waals surface area contributed by atoms with Crippen molar-refractivity contribution in [3.8, 4) is 0 Å². The fraction of sp³-hybridized carbons (Fsp3) is 0.409. The quantitative estimate of drug-likeness (QED) is 0.356. The first-order valence-electron chi connectivity index (χ1n) is 10.2. The molecule has 2 aromatic rings. The van der Waals surface area contributed by atoms with Crippen molar-refractivity contribution >= 4 is 46.8 Å². The predicted octanol–water partition coefficient (Wildman–Crippen LogP) is 5.05. The number of pyridine rings is 1. The highest BCUT2D eigenvalue weighted by Gasteiger charge is 2.24. The Labute approximate surface area is 192 Å². The van der Waals surface area contributed by atoms with Crippen molar-refractivity contribution in [3.05, 3.63) is 42.5 Å². The van der Waals surface area contributed by atoms with Crippen LogP contribution in [0.25, 0.3) is 0 Å². The molecule has 32 heavy (non-hydrogen) atoms. The lowest BCUT2D eigenvalue weighted by Gasteiger charge is -2.23. The second-order valence-corrected chi connectivity index (χ2v) is 8.95. The van der Waals surface area contributed by atoms with Crippen LogP contribution in [0.1, 0.15) is 33.6 Å². The Kier molecular flexibility index (Phi) is 9.45. The summed E-state index contributed by atoms with van der Waals surface area (Å²) in [5.41, 5.74) is 6.39. The first kappa shape index (κ1) is 25.1. The number of hydrogen-bond acceptors (Lipinski definition) is 8. The molecule has 9 nitrogen and oxygen atoms in total. The molecule has 1 unspecified atom stereocenters. The summed E-state index contributed by atoms with van der Waals surface area (Å²) in [6.45, 7) is 5.29. The molecule has 0 aliphatic carbocycles. The number of alkyl carbamates (subject to hydrolysis) is 1. The number of benzene rings is 1. The molecule has 2 rings (SSSR count). The maximum atomic E-state index is 12.8. The van der Waals surface area contributed by atoms with Gasteiger partial charge in [0.1, 0.15) is 23.1 Å². The van der Waals surface area contributed by atoms with Gasteiger partial charge in [-0.15, -0.1) is 5.11 Å². The molecule has 0 radical (unpaired) electrons. The second kappa shape index (κ2) is 12.0. The average Bonchev–Trinajstić information content (AvgIpc) is 2.72. The Morgan fingerprint density at radius 1 is 1.16 bits per heavy atom. The molecule has 172 valence electrons. The molecule has 0 fully saturated rings. The summed E-state index contributed by atoms with van der Waals surface area (Å²) in [5.74, 6) is 0.850. The lowest BCUT2D eigenvalue weighted by atomic mass is 10.1. The summed E-state index contributed by atoms with van der Waals surface area (Å²) < 4.78 is 5.28. The van der Waals surface area contributed by atoms with E-state index in [2.05, 4.69) is 25.8 Å². The Balaban J connectivity index is 2.06. The molecular formula is C22H30N6O3S. The van der Waals surface area contributed by atoms with Crippen LogP contribution in [-0.2, 0) is 9.53 Å². The SMILES string of the molecule is CSCCCC(NC(=O)OC(C)(C)C)C(=O)Nc1ccc(N=Nc2ccccc2)c(N)n1. The molecule has 1 heterocycles. The van der Waals surface area contributed by atoms with Gasteiger partial charge in [-0.3, -0.25) is 4.79 Å². The number of rotatable bonds is 9. The van der Waals surface area contributed by atoms with Gasteiger partial charge in [-0.2, -0.15) is 16.9 Å². The highest BCUT2D eigenvalue weighted by Crippen LogP contribution is 2.24. The highest BCUT2D eigenvalue weighted by atomic mass is 32.2. The lowest BCUT2D eigenvalue weighted by Crippen LogP contribution is -2.46. The van der Waals surface area contributed by atoms with Gasteiger partial charge in [-0.25, -0.2) is 9.78 Å². The van der Waals surface area contributed by atoms with Crippen molar-refractivity contribution < 1.29 is 14.3 Å². The molecule has 1 aromatic heterocycles. The van der Waals surface area contributed by atoms with Gasteiger partial charge in [-0.1, -0.05) is 18.2 Å². The predicted molar refractivity (Wildman–Crippen MR) is 129 cm³/mol. The molecule has 10 heteroatoms. The summed E-state index contributed by atoms with van der Waals surface area (Å²) in [6.07, 6.45) is 2.56. The van der Waals surface area contributed by atoms with Gasteiger partial charge in [0.25, 0.3) is 0 Å². The number of nitrogens with zero attached hydrogens (tertiary/aromatic N) is 3. The van der Waals surface area contributed by atoms with Gasteiger partial charge in [-0.05, 0) is 69.9 Å². The smallest absolute Gasteiger partial charge is 0.408 e. The van der Waals surface area contributed by atoms with Gasteiger partial charge < -0.3 is 21.1 Å². The van der Waals surface area contributed by atoms with E-state index in [0.717, 1.165) is 12.2 Å². The van der Waals surface area contributed by atoms with Gasteiger partial charge >= 0.3 is 6.09 Å². The zero-order chi connectivity index (χ0) is 23.6. The number of carbonyl (C=O) groups excluding carboxylic acids is 2. The number of thioether (sulfide) groups is 1. The lowest BCUT2D eigenvalue weighted by molar-refractivity contribution is -0.118. The minimum absolute atomic E-state index is 0.126. The molecule has 2 amide bonds. The largest absolute Gasteiger partial charge is 0.444 e. The second-order valence-electron chi connectivity index (χ2n) is 7.96. The Bertz CT molecular complexity index is 931. The molecule has 0 spiro atoms. The number of nitrogen functional groups attached to an aromatic ring is 1. The Morgan fingerprint density at radius 3 is 2.50 bits per heavy atom. The molecule has 0 aliphatic heterocycles. The van der Waals surface area contributed by atoms with Crippen LogP contribution in [0.15, 0.2) is 52.7 Å². The fourth-order valence-corrected chi connectivity index (χ4v) is 3.05. The number of nitrogens with two attached hydrogens (primary N) is 1. The van der Waals surface area contributed by atoms with Crippen LogP contribution in [0, 0.1) is 0 Å². The van der Waals surface area contributed by atoms with Crippen molar-refractivity contribution in [1.29, 1.82) is 0 Å². The zero-order valence-electron chi connectivity index (χ0n) is 18.8. The molecule has 0 saturated heterocycles. The number of hydrogen-bond donors (Lipinski definition) is 3. The van der Waals surface area contributed by atoms with E-state index in [0.29, 0.717) is 17.8 Å². The first-order valence-corrected chi connectivity index (χ1v) is 11.6. The van der Waals surface area contributed by atoms with Crippen LogP contribution in [0.2, 0.25) is 0 Å². The van der Waals surface area contributed by atoms with Crippen LogP contribution < -0.4 is 16.4 Å². The number of aromatic nitrogens is 1. The summed E-state index contributed by atoms with van der Waals surface area (Å²) in [4.78, 5) is 29.2. The minimum atomic E-state index is -0.766. The third-order valence-corrected chi connectivity index (χ3v) is 4.73. The van der Waals surface area contributed by atoms with Crippen molar-refractivity contribution in [2.75, 3.05) is 23.1 Å². The first-order chi connectivity index (χ1) is 15.2. The van der Waals surface area contributed by atoms with E-state index in [4.69, 9.17) is 10.5 Å². The van der Waals surface area contributed by atoms with Crippen LogP contribution in [0.4, 0.5) is 27.8 Å². The van der Waals surface area contributed by atoms with Gasteiger partial charge in [0.05, 0.1) is 5.69 Å². The number of amides is 2. The van der Waals surface area contributed by atoms with E-state index in [-0.39, 0.29) is 11.6 Å². The third-order valence-electron chi connectivity index (χ3n) is 4.03. The summed E-state index contributed by atoms with van der Waals surface area (Å²) in [6, 6.07) is 11.7. The van der Waals surface area contributed by atoms with Crippen LogP contribution in [-0.4, -0.2) is 40.6 Å². The standard InChI is InChI=1S/C22H30N6O3S/c1-22(2,3)31-21(30)24-17(11-8-14-32-4)20(29)26-18-13-12-16(19(23)25-18)28-27-15-9-6-5-7-10-15/h5-7,9-10,12-13,17H,8,11,14H2,1-4H3,(H,24,30)(H3,23,25,26,29). The molecule has 4 N–H and O–H groups in total. The van der Waals surface area contributed by atoms with Crippen molar-refractivity contribution in [2.45, 2.75) is 45.3 Å². The van der Waals surface area contributed by atoms with E-state index < -0.39 is 23.6 Å². The average molecular weight is 459 g/mol. The van der Waals surface area contributed by atoms with Gasteiger partial charge in [0.15, 0.2) is 5.82 Å². The molecular weight excluding hydrogens is 428 g/mol. The van der Waals surface area contributed by atoms with E-state index in [1.807, 2.05) is 36.6 Å². The maximum Gasteiger partial charge on any atom is 0.408 e. The molecule has 0 saturated carbocycles. The van der Waals surface area contributed by atoms with Crippen molar-refractivity contribution in [1.82, 2.24) is 10.3 Å². The monoisotopic (exact) mass is 458 g/mol. The summed E-state index contributed by atoms with van der Waals surface area (Å²) in [5, 5.41) is 13.6. The topological polar surface area (TPSA) is 131 Å². The third kappa shape index (κ3) is 8.93. The number of nitrogens with one attached hydrogen (secondary N) is 2. The fourth-order valence-electron chi connectivity index (χ4n) is 2.59. The zero-order valence-corrected chi connectivity index (χ0v) is 19.6. The van der Waals surface area contributed by atoms with Crippen LogP contribution in [0.3, 0.4) is 0 Å². The highest BCUT2D eigenvalue weighted by molar-refractivity contribution is 7.98. The number of ether oxygens (including phenoxy) is 1. The summed E-state index contributed by atoms with van der Waals surface area (Å²) >= 11 is 1.67. The van der Waals surface area contributed by atoms with E-state index >= 15 is 0 Å². The van der Waals surface area contributed by atoms with Gasteiger partial charge in [0.2, 0.25) is 5.91 Å². The normalized spacial score (nSPS) is 12.4. The van der Waals surface area contributed by atoms with E-state index in [9.17, 15) is 9.59 Å². The number of carbonyl (C=O) groups is 2. The van der Waals surface area contributed by atoms with Crippen LogP contribution >= 0.6 is 11.8 Å². The molecule has 0 aliphatic rings. The number of azo groups is 1. The summed E-state index contributed by atoms with van der Waals surface area (Å²) in [7, 11) is 0. The number of anilines is 2. The minimum Gasteiger partial charge on any atom is -0.444 e. The Morgan fingerprint density at radius 2 is 1.88 bits per heavy atom. The molecule has 1 aromatic carbocycles. The molecule has 1 atom stereocenters. The van der Waals surface area contributed by atoms with E-state index in [1.165, 1.54) is 0 Å². The molecule has 0 bridgehead atoms. The van der Waals surface area contributed by atoms with Crippen molar-refractivity contribution in [3.63, 3.8) is 0 Å². The van der Waals surface area contributed by atoms with Crippen molar-refractivity contribution in [2.24, 2.45) is 10.2 Å². The van der Waals surface area contributed by atoms with E-state index in [1.54, 1.807) is 44.7 Å². The Hall–Kier alpha value is -3.14. The maximum absolute atomic E-state index is 12.8. The van der Waals surface area contributed by atoms with Crippen LogP contribution in [0.5, 0.6) is 0 Å². The van der Waals surface area contributed by atoms with Gasteiger partial charge in [0, 0.05) is 0 Å².